The van der Waals surface area contributed by atoms with Crippen LogP contribution >= 0.6 is 11.8 Å². The Balaban J connectivity index is 1.99. The predicted molar refractivity (Wildman–Crippen MR) is 94.0 cm³/mol. The first kappa shape index (κ1) is 18.3. The van der Waals surface area contributed by atoms with Gasteiger partial charge in [-0.15, -0.1) is 11.8 Å². The number of hydrogen-bond donors (Lipinski definition) is 2. The Morgan fingerprint density at radius 3 is 2.70 bits per heavy atom. The number of carboxylic acids is 1. The highest BCUT2D eigenvalue weighted by molar-refractivity contribution is 7.99. The number of rotatable bonds is 8. The fourth-order valence-electron chi connectivity index (χ4n) is 3.01. The summed E-state index contributed by atoms with van der Waals surface area (Å²) in [6.45, 7) is 4.27. The molecule has 5 heteroatoms. The molecule has 23 heavy (non-hydrogen) atoms. The van der Waals surface area contributed by atoms with Gasteiger partial charge in [0.05, 0.1) is 12.2 Å². The molecule has 2 N–H and O–H groups in total. The Hall–Kier alpha value is -1.04. The van der Waals surface area contributed by atoms with Crippen molar-refractivity contribution in [2.24, 2.45) is 5.92 Å². The van der Waals surface area contributed by atoms with E-state index in [-0.39, 0.29) is 18.1 Å². The predicted octanol–water partition coefficient (Wildman–Crippen LogP) is 3.72. The first-order valence-corrected chi connectivity index (χ1v) is 9.33. The Morgan fingerprint density at radius 1 is 1.43 bits per heavy atom. The molecule has 1 aliphatic heterocycles. The average molecular weight is 337 g/mol. The quantitative estimate of drug-likeness (QED) is 0.559. The Labute approximate surface area is 143 Å². The molecule has 4 atom stereocenters. The second kappa shape index (κ2) is 8.71. The third-order valence-corrected chi connectivity index (χ3v) is 5.49. The summed E-state index contributed by atoms with van der Waals surface area (Å²) >= 11 is 1.88. The van der Waals surface area contributed by atoms with E-state index in [2.05, 4.69) is 43.4 Å². The van der Waals surface area contributed by atoms with Crippen LogP contribution in [0.1, 0.15) is 44.8 Å². The van der Waals surface area contributed by atoms with Crippen LogP contribution in [0.25, 0.3) is 0 Å². The van der Waals surface area contributed by atoms with E-state index in [0.717, 1.165) is 17.7 Å². The van der Waals surface area contributed by atoms with Crippen LogP contribution in [0.3, 0.4) is 0 Å². The first-order chi connectivity index (χ1) is 11.1. The van der Waals surface area contributed by atoms with Gasteiger partial charge < -0.3 is 15.2 Å². The molecule has 0 amide bonds. The van der Waals surface area contributed by atoms with Gasteiger partial charge in [-0.05, 0) is 49.3 Å². The van der Waals surface area contributed by atoms with E-state index in [1.807, 2.05) is 11.8 Å². The lowest BCUT2D eigenvalue weighted by Gasteiger charge is -2.22. The van der Waals surface area contributed by atoms with Gasteiger partial charge in [0, 0.05) is 4.90 Å². The molecule has 2 unspecified atom stereocenters. The zero-order valence-corrected chi connectivity index (χ0v) is 14.9. The summed E-state index contributed by atoms with van der Waals surface area (Å²) in [7, 11) is 1.67. The lowest BCUT2D eigenvalue weighted by Crippen LogP contribution is -2.46. The summed E-state index contributed by atoms with van der Waals surface area (Å²) in [5, 5.41) is 12.2. The van der Waals surface area contributed by atoms with E-state index in [1.165, 1.54) is 17.7 Å². The van der Waals surface area contributed by atoms with Crippen LogP contribution in [0.4, 0.5) is 0 Å². The molecule has 0 bridgehead atoms. The van der Waals surface area contributed by atoms with Crippen molar-refractivity contribution in [3.05, 3.63) is 29.8 Å². The third-order valence-electron chi connectivity index (χ3n) is 4.39. The van der Waals surface area contributed by atoms with Gasteiger partial charge in [0.15, 0.2) is 0 Å². The van der Waals surface area contributed by atoms with Crippen molar-refractivity contribution in [3.8, 4) is 0 Å². The number of thioether (sulfide) groups is 1. The Kier molecular flexibility index (Phi) is 6.93. The molecule has 1 heterocycles. The van der Waals surface area contributed by atoms with Gasteiger partial charge in [0.1, 0.15) is 6.04 Å². The number of aliphatic carboxylic acids is 1. The van der Waals surface area contributed by atoms with Crippen LogP contribution in [0.2, 0.25) is 0 Å². The number of hydrogen-bond acceptors (Lipinski definition) is 4. The number of carboxylic acid groups (broad SMARTS) is 1. The second-order valence-corrected chi connectivity index (χ2v) is 7.35. The van der Waals surface area contributed by atoms with Crippen molar-refractivity contribution in [3.63, 3.8) is 0 Å². The van der Waals surface area contributed by atoms with Gasteiger partial charge in [0.25, 0.3) is 0 Å². The first-order valence-electron chi connectivity index (χ1n) is 8.35. The van der Waals surface area contributed by atoms with E-state index in [4.69, 9.17) is 4.74 Å². The van der Waals surface area contributed by atoms with E-state index in [0.29, 0.717) is 0 Å². The van der Waals surface area contributed by atoms with E-state index in [1.54, 1.807) is 7.05 Å². The van der Waals surface area contributed by atoms with E-state index >= 15 is 0 Å². The van der Waals surface area contributed by atoms with Crippen molar-refractivity contribution in [1.82, 2.24) is 5.32 Å². The molecular weight excluding hydrogens is 310 g/mol. The molecule has 1 aliphatic rings. The average Bonchev–Trinajstić information content (AvgIpc) is 2.90. The fourth-order valence-corrected chi connectivity index (χ4v) is 4.01. The Bertz CT molecular complexity index is 505. The molecule has 1 aromatic carbocycles. The van der Waals surface area contributed by atoms with Crippen molar-refractivity contribution >= 4 is 17.7 Å². The van der Waals surface area contributed by atoms with Crippen molar-refractivity contribution in [2.45, 2.75) is 56.3 Å². The number of unbranched alkanes of at least 4 members (excludes halogenated alkanes) is 1. The molecule has 0 saturated carbocycles. The molecule has 0 aliphatic carbocycles. The summed E-state index contributed by atoms with van der Waals surface area (Å²) in [5.74, 6) is 0.511. The maximum atomic E-state index is 11.3. The minimum atomic E-state index is -0.854. The van der Waals surface area contributed by atoms with E-state index < -0.39 is 12.0 Å². The van der Waals surface area contributed by atoms with Crippen LogP contribution in [0.15, 0.2) is 29.2 Å². The van der Waals surface area contributed by atoms with Crippen LogP contribution in [-0.2, 0) is 9.53 Å². The molecule has 4 nitrogen and oxygen atoms in total. The molecule has 1 saturated heterocycles. The summed E-state index contributed by atoms with van der Waals surface area (Å²) in [4.78, 5) is 12.6. The van der Waals surface area contributed by atoms with Crippen molar-refractivity contribution in [2.75, 3.05) is 12.8 Å². The second-order valence-electron chi connectivity index (χ2n) is 6.18. The van der Waals surface area contributed by atoms with Gasteiger partial charge >= 0.3 is 5.97 Å². The Morgan fingerprint density at radius 2 is 2.13 bits per heavy atom. The molecule has 2 rings (SSSR count). The highest BCUT2D eigenvalue weighted by atomic mass is 32.2. The van der Waals surface area contributed by atoms with E-state index in [9.17, 15) is 9.90 Å². The maximum Gasteiger partial charge on any atom is 0.323 e. The lowest BCUT2D eigenvalue weighted by molar-refractivity contribution is -0.144. The monoisotopic (exact) mass is 337 g/mol. The standard InChI is InChI=1S/C18H27NO3S/c1-4-5-10-23-14-8-6-13(7-9-14)15-11-12(2)17(22-15)16(19-3)18(20)21/h6-9,12,15-17,19H,4-5,10-11H2,1-3H3,(H,20,21)/t12-,15?,16?,17-/m1/s1. The molecule has 1 aromatic rings. The summed E-state index contributed by atoms with van der Waals surface area (Å²) in [6, 6.07) is 7.86. The topological polar surface area (TPSA) is 58.6 Å². The zero-order valence-electron chi connectivity index (χ0n) is 14.1. The van der Waals surface area contributed by atoms with Crippen molar-refractivity contribution in [1.29, 1.82) is 0 Å². The number of benzene rings is 1. The van der Waals surface area contributed by atoms with Gasteiger partial charge in [-0.1, -0.05) is 32.4 Å². The highest BCUT2D eigenvalue weighted by Crippen LogP contribution is 2.38. The molecule has 0 spiro atoms. The van der Waals surface area contributed by atoms with Crippen LogP contribution in [-0.4, -0.2) is 36.0 Å². The summed E-state index contributed by atoms with van der Waals surface area (Å²) in [6.07, 6.45) is 3.01. The largest absolute Gasteiger partial charge is 0.480 e. The molecule has 128 valence electrons. The zero-order chi connectivity index (χ0) is 16.8. The van der Waals surface area contributed by atoms with Gasteiger partial charge in [-0.3, -0.25) is 4.79 Å². The summed E-state index contributed by atoms with van der Waals surface area (Å²) in [5.41, 5.74) is 1.14. The molecule has 0 radical (unpaired) electrons. The van der Waals surface area contributed by atoms with Gasteiger partial charge in [-0.2, -0.15) is 0 Å². The lowest BCUT2D eigenvalue weighted by atomic mass is 9.94. The van der Waals surface area contributed by atoms with Gasteiger partial charge in [-0.25, -0.2) is 0 Å². The number of nitrogens with one attached hydrogen (secondary N) is 1. The van der Waals surface area contributed by atoms with Crippen LogP contribution < -0.4 is 5.32 Å². The van der Waals surface area contributed by atoms with Crippen LogP contribution in [0, 0.1) is 5.92 Å². The fraction of sp³-hybridized carbons (Fsp3) is 0.611. The maximum absolute atomic E-state index is 11.3. The van der Waals surface area contributed by atoms with Gasteiger partial charge in [0.2, 0.25) is 0 Å². The number of likely N-dealkylation sites (N-methyl/N-ethyl adjacent to an activating group) is 1. The smallest absolute Gasteiger partial charge is 0.323 e. The highest BCUT2D eigenvalue weighted by Gasteiger charge is 2.40. The SMILES string of the molecule is CCCCSc1ccc(C2C[C@@H](C)[C@H](C(NC)C(=O)O)O2)cc1. The number of ether oxygens (including phenoxy) is 1. The summed E-state index contributed by atoms with van der Waals surface area (Å²) < 4.78 is 6.06. The molecule has 1 fully saturated rings. The van der Waals surface area contributed by atoms with Crippen LogP contribution in [0.5, 0.6) is 0 Å². The van der Waals surface area contributed by atoms with Crippen molar-refractivity contribution < 1.29 is 14.6 Å². The normalized spacial score (nSPS) is 25.4. The molecular formula is C18H27NO3S. The number of carbonyl (C=O) groups is 1. The third kappa shape index (κ3) is 4.72. The molecule has 0 aromatic heterocycles. The minimum Gasteiger partial charge on any atom is -0.480 e. The minimum absolute atomic E-state index is 0.0140.